The van der Waals surface area contributed by atoms with Gasteiger partial charge in [0.05, 0.1) is 5.57 Å². The Morgan fingerprint density at radius 1 is 0.917 bits per heavy atom. The summed E-state index contributed by atoms with van der Waals surface area (Å²) in [5, 5.41) is 0.0502. The van der Waals surface area contributed by atoms with Gasteiger partial charge in [-0.3, -0.25) is 14.5 Å². The van der Waals surface area contributed by atoms with Gasteiger partial charge in [-0.15, -0.1) is 0 Å². The van der Waals surface area contributed by atoms with E-state index in [1.165, 1.54) is 24.2 Å². The molecule has 3 nitrogen and oxygen atoms in total. The van der Waals surface area contributed by atoms with E-state index < -0.39 is 0 Å². The number of hydrogen-bond donors (Lipinski definition) is 0. The van der Waals surface area contributed by atoms with Crippen molar-refractivity contribution in [3.63, 3.8) is 0 Å². The predicted molar refractivity (Wildman–Crippen MR) is 98.8 cm³/mol. The quantitative estimate of drug-likeness (QED) is 0.491. The standard InChI is InChI=1S/C20H26ClNO2/c1-4-5-6-7-8-9-12-22-19(23)17(18(21)20(22)24)16-11-10-14(2)15(3)13-16/h10-11,13H,4-9,12H2,1-3H3. The van der Waals surface area contributed by atoms with Crippen LogP contribution in [0.1, 0.15) is 62.1 Å². The van der Waals surface area contributed by atoms with Gasteiger partial charge in [0.1, 0.15) is 5.03 Å². The zero-order valence-electron chi connectivity index (χ0n) is 14.8. The van der Waals surface area contributed by atoms with Gasteiger partial charge in [-0.2, -0.15) is 0 Å². The van der Waals surface area contributed by atoms with Gasteiger partial charge < -0.3 is 0 Å². The van der Waals surface area contributed by atoms with Crippen molar-refractivity contribution in [2.24, 2.45) is 0 Å². The van der Waals surface area contributed by atoms with Crippen molar-refractivity contribution < 1.29 is 9.59 Å². The number of aryl methyl sites for hydroxylation is 2. The van der Waals surface area contributed by atoms with E-state index in [0.29, 0.717) is 12.1 Å². The molecule has 0 spiro atoms. The highest BCUT2D eigenvalue weighted by Crippen LogP contribution is 2.32. The van der Waals surface area contributed by atoms with Gasteiger partial charge in [-0.1, -0.05) is 68.8 Å². The van der Waals surface area contributed by atoms with Crippen LogP contribution in [0.2, 0.25) is 0 Å². The van der Waals surface area contributed by atoms with E-state index in [0.717, 1.165) is 36.0 Å². The number of carbonyl (C=O) groups is 2. The van der Waals surface area contributed by atoms with Gasteiger partial charge in [0.15, 0.2) is 0 Å². The van der Waals surface area contributed by atoms with Crippen molar-refractivity contribution in [1.29, 1.82) is 0 Å². The minimum Gasteiger partial charge on any atom is -0.274 e. The average molecular weight is 348 g/mol. The maximum absolute atomic E-state index is 12.7. The van der Waals surface area contributed by atoms with Crippen molar-refractivity contribution >= 4 is 29.0 Å². The molecule has 1 heterocycles. The zero-order chi connectivity index (χ0) is 17.7. The van der Waals surface area contributed by atoms with Crippen molar-refractivity contribution in [3.8, 4) is 0 Å². The molecule has 1 aliphatic rings. The molecule has 0 bridgehead atoms. The molecule has 4 heteroatoms. The zero-order valence-corrected chi connectivity index (χ0v) is 15.6. The number of hydrogen-bond acceptors (Lipinski definition) is 2. The molecule has 2 rings (SSSR count). The van der Waals surface area contributed by atoms with E-state index in [4.69, 9.17) is 11.6 Å². The van der Waals surface area contributed by atoms with Gasteiger partial charge in [0, 0.05) is 6.54 Å². The summed E-state index contributed by atoms with van der Waals surface area (Å²) in [4.78, 5) is 26.3. The second kappa shape index (κ2) is 8.48. The van der Waals surface area contributed by atoms with Crippen LogP contribution < -0.4 is 0 Å². The summed E-state index contributed by atoms with van der Waals surface area (Å²) in [5.74, 6) is -0.620. The molecule has 0 N–H and O–H groups in total. The lowest BCUT2D eigenvalue weighted by molar-refractivity contribution is -0.136. The fraction of sp³-hybridized carbons (Fsp3) is 0.500. The molecule has 0 saturated carbocycles. The fourth-order valence-corrected chi connectivity index (χ4v) is 3.24. The molecule has 130 valence electrons. The first-order chi connectivity index (χ1) is 11.5. The number of imide groups is 1. The molecule has 0 saturated heterocycles. The maximum atomic E-state index is 12.7. The number of nitrogens with zero attached hydrogens (tertiary/aromatic N) is 1. The van der Waals surface area contributed by atoms with Gasteiger partial charge in [-0.05, 0) is 37.0 Å². The number of halogens is 1. The number of rotatable bonds is 8. The van der Waals surface area contributed by atoms with Gasteiger partial charge >= 0.3 is 0 Å². The monoisotopic (exact) mass is 347 g/mol. The Hall–Kier alpha value is -1.61. The van der Waals surface area contributed by atoms with Crippen LogP contribution in [0.15, 0.2) is 23.2 Å². The normalized spacial score (nSPS) is 14.9. The van der Waals surface area contributed by atoms with Crippen molar-refractivity contribution in [1.82, 2.24) is 4.90 Å². The first kappa shape index (κ1) is 18.7. The largest absolute Gasteiger partial charge is 0.274 e. The molecule has 0 radical (unpaired) electrons. The highest BCUT2D eigenvalue weighted by molar-refractivity contribution is 6.55. The molecule has 24 heavy (non-hydrogen) atoms. The first-order valence-corrected chi connectivity index (χ1v) is 9.18. The van der Waals surface area contributed by atoms with E-state index in [-0.39, 0.29) is 16.8 Å². The summed E-state index contributed by atoms with van der Waals surface area (Å²) >= 11 is 6.19. The molecule has 0 unspecified atom stereocenters. The third-order valence-electron chi connectivity index (χ3n) is 4.64. The molecule has 1 aromatic carbocycles. The summed E-state index contributed by atoms with van der Waals surface area (Å²) < 4.78 is 0. The van der Waals surface area contributed by atoms with Gasteiger partial charge in [-0.25, -0.2) is 0 Å². The molecule has 0 fully saturated rings. The Morgan fingerprint density at radius 2 is 1.58 bits per heavy atom. The molecule has 0 atom stereocenters. The molecular formula is C20H26ClNO2. The molecule has 0 aliphatic carbocycles. The minimum absolute atomic E-state index is 0.0502. The summed E-state index contributed by atoms with van der Waals surface area (Å²) in [6.07, 6.45) is 6.69. The van der Waals surface area contributed by atoms with Crippen LogP contribution in [0.4, 0.5) is 0 Å². The second-order valence-corrected chi connectivity index (χ2v) is 6.90. The summed E-state index contributed by atoms with van der Waals surface area (Å²) in [5.41, 5.74) is 3.30. The summed E-state index contributed by atoms with van der Waals surface area (Å²) in [6, 6.07) is 5.74. The summed E-state index contributed by atoms with van der Waals surface area (Å²) in [6.45, 7) is 6.64. The van der Waals surface area contributed by atoms with Gasteiger partial charge in [0.2, 0.25) is 0 Å². The van der Waals surface area contributed by atoms with E-state index in [1.807, 2.05) is 32.0 Å². The molecule has 2 amide bonds. The van der Waals surface area contributed by atoms with Gasteiger partial charge in [0.25, 0.3) is 11.8 Å². The maximum Gasteiger partial charge on any atom is 0.273 e. The Morgan fingerprint density at radius 3 is 2.25 bits per heavy atom. The number of unbranched alkanes of at least 4 members (excludes halogenated alkanes) is 5. The summed E-state index contributed by atoms with van der Waals surface area (Å²) in [7, 11) is 0. The van der Waals surface area contributed by atoms with E-state index in [2.05, 4.69) is 6.92 Å². The molecule has 1 aromatic rings. The average Bonchev–Trinajstić information content (AvgIpc) is 2.76. The second-order valence-electron chi connectivity index (χ2n) is 6.52. The molecule has 1 aliphatic heterocycles. The van der Waals surface area contributed by atoms with E-state index in [1.54, 1.807) is 0 Å². The number of benzene rings is 1. The Balaban J connectivity index is 2.03. The lowest BCUT2D eigenvalue weighted by atomic mass is 10.0. The number of amides is 2. The highest BCUT2D eigenvalue weighted by Gasteiger charge is 2.37. The smallest absolute Gasteiger partial charge is 0.273 e. The van der Waals surface area contributed by atoms with Crippen LogP contribution in [-0.2, 0) is 9.59 Å². The van der Waals surface area contributed by atoms with Crippen LogP contribution >= 0.6 is 11.6 Å². The SMILES string of the molecule is CCCCCCCCN1C(=O)C(Cl)=C(c2ccc(C)c(C)c2)C1=O. The minimum atomic E-state index is -0.358. The topological polar surface area (TPSA) is 37.4 Å². The van der Waals surface area contributed by atoms with Crippen LogP contribution in [0.3, 0.4) is 0 Å². The Bertz CT molecular complexity index is 664. The van der Waals surface area contributed by atoms with Crippen molar-refractivity contribution in [2.45, 2.75) is 59.3 Å². The number of carbonyl (C=O) groups excluding carboxylic acids is 2. The van der Waals surface area contributed by atoms with E-state index >= 15 is 0 Å². The van der Waals surface area contributed by atoms with E-state index in [9.17, 15) is 9.59 Å². The highest BCUT2D eigenvalue weighted by atomic mass is 35.5. The Kier molecular flexibility index (Phi) is 6.61. The predicted octanol–water partition coefficient (Wildman–Crippen LogP) is 4.98. The van der Waals surface area contributed by atoms with Crippen molar-refractivity contribution in [3.05, 3.63) is 39.9 Å². The third kappa shape index (κ3) is 4.07. The molecular weight excluding hydrogens is 322 g/mol. The first-order valence-electron chi connectivity index (χ1n) is 8.81. The lowest BCUT2D eigenvalue weighted by Gasteiger charge is -2.14. The lowest BCUT2D eigenvalue weighted by Crippen LogP contribution is -2.32. The van der Waals surface area contributed by atoms with Crippen molar-refractivity contribution in [2.75, 3.05) is 6.54 Å². The third-order valence-corrected chi connectivity index (χ3v) is 4.99. The van der Waals surface area contributed by atoms with Crippen LogP contribution in [0.25, 0.3) is 5.57 Å². The van der Waals surface area contributed by atoms with Crippen LogP contribution in [-0.4, -0.2) is 23.3 Å². The molecule has 0 aromatic heterocycles. The van der Waals surface area contributed by atoms with Crippen LogP contribution in [0, 0.1) is 13.8 Å². The fourth-order valence-electron chi connectivity index (χ4n) is 2.95. The van der Waals surface area contributed by atoms with Crippen LogP contribution in [0.5, 0.6) is 0 Å². The Labute approximate surface area is 149 Å².